The minimum Gasteiger partial charge on any atom is -0.311 e. The second kappa shape index (κ2) is 6.02. The van der Waals surface area contributed by atoms with Gasteiger partial charge in [-0.1, -0.05) is 44.2 Å². The first-order valence-corrected chi connectivity index (χ1v) is 7.58. The van der Waals surface area contributed by atoms with Gasteiger partial charge in [0.05, 0.1) is 6.20 Å². The number of aromatic nitrogens is 2. The van der Waals surface area contributed by atoms with Gasteiger partial charge in [0, 0.05) is 30.4 Å². The van der Waals surface area contributed by atoms with Crippen LogP contribution in [-0.2, 0) is 6.54 Å². The van der Waals surface area contributed by atoms with Crippen LogP contribution in [0.3, 0.4) is 0 Å². The van der Waals surface area contributed by atoms with Crippen LogP contribution in [-0.4, -0.2) is 21.9 Å². The van der Waals surface area contributed by atoms with Crippen molar-refractivity contribution in [2.45, 2.75) is 46.7 Å². The standard InChI is InChI=1S/C18H27N3/c1-17(2,3)19-13-18(4,5)14-21-12-16(11-20-21)15-9-7-6-8-10-15/h6-12,19H,13-14H2,1-5H3. The van der Waals surface area contributed by atoms with Gasteiger partial charge >= 0.3 is 0 Å². The van der Waals surface area contributed by atoms with E-state index in [0.717, 1.165) is 13.1 Å². The summed E-state index contributed by atoms with van der Waals surface area (Å²) in [5.74, 6) is 0. The maximum absolute atomic E-state index is 4.51. The molecule has 114 valence electrons. The summed E-state index contributed by atoms with van der Waals surface area (Å²) in [6.45, 7) is 13.0. The van der Waals surface area contributed by atoms with Gasteiger partial charge in [-0.3, -0.25) is 4.68 Å². The van der Waals surface area contributed by atoms with Crippen molar-refractivity contribution in [1.29, 1.82) is 0 Å². The molecule has 2 aromatic rings. The zero-order chi connectivity index (χ0) is 15.5. The van der Waals surface area contributed by atoms with E-state index in [1.807, 2.05) is 16.9 Å². The van der Waals surface area contributed by atoms with Crippen LogP contribution in [0, 0.1) is 5.41 Å². The molecule has 3 nitrogen and oxygen atoms in total. The highest BCUT2D eigenvalue weighted by molar-refractivity contribution is 5.61. The number of nitrogens with one attached hydrogen (secondary N) is 1. The molecule has 0 radical (unpaired) electrons. The van der Waals surface area contributed by atoms with Crippen molar-refractivity contribution in [1.82, 2.24) is 15.1 Å². The Balaban J connectivity index is 2.02. The van der Waals surface area contributed by atoms with Crippen molar-refractivity contribution < 1.29 is 0 Å². The fraction of sp³-hybridized carbons (Fsp3) is 0.500. The summed E-state index contributed by atoms with van der Waals surface area (Å²) in [6, 6.07) is 10.4. The third-order valence-electron chi connectivity index (χ3n) is 3.43. The van der Waals surface area contributed by atoms with Crippen LogP contribution < -0.4 is 5.32 Å². The van der Waals surface area contributed by atoms with Crippen molar-refractivity contribution in [3.05, 3.63) is 42.7 Å². The Morgan fingerprint density at radius 2 is 1.67 bits per heavy atom. The fourth-order valence-corrected chi connectivity index (χ4v) is 2.23. The molecular formula is C18H27N3. The van der Waals surface area contributed by atoms with Crippen LogP contribution in [0.2, 0.25) is 0 Å². The molecule has 0 fully saturated rings. The Labute approximate surface area is 128 Å². The summed E-state index contributed by atoms with van der Waals surface area (Å²) in [6.07, 6.45) is 4.08. The lowest BCUT2D eigenvalue weighted by atomic mass is 9.92. The van der Waals surface area contributed by atoms with E-state index in [0.29, 0.717) is 0 Å². The fourth-order valence-electron chi connectivity index (χ4n) is 2.23. The Morgan fingerprint density at radius 1 is 1.00 bits per heavy atom. The van der Waals surface area contributed by atoms with E-state index in [4.69, 9.17) is 0 Å². The summed E-state index contributed by atoms with van der Waals surface area (Å²) in [7, 11) is 0. The molecule has 0 unspecified atom stereocenters. The second-order valence-corrected chi connectivity index (χ2v) is 7.56. The second-order valence-electron chi connectivity index (χ2n) is 7.56. The summed E-state index contributed by atoms with van der Waals surface area (Å²) in [4.78, 5) is 0. The van der Waals surface area contributed by atoms with Crippen LogP contribution in [0.1, 0.15) is 34.6 Å². The number of nitrogens with zero attached hydrogens (tertiary/aromatic N) is 2. The monoisotopic (exact) mass is 285 g/mol. The molecule has 0 aliphatic rings. The van der Waals surface area contributed by atoms with Crippen molar-refractivity contribution in [2.75, 3.05) is 6.54 Å². The molecule has 1 heterocycles. The lowest BCUT2D eigenvalue weighted by Crippen LogP contribution is -2.43. The summed E-state index contributed by atoms with van der Waals surface area (Å²) in [5, 5.41) is 8.09. The third-order valence-corrected chi connectivity index (χ3v) is 3.43. The first kappa shape index (κ1) is 15.8. The molecule has 21 heavy (non-hydrogen) atoms. The van der Waals surface area contributed by atoms with Crippen LogP contribution in [0.25, 0.3) is 11.1 Å². The average Bonchev–Trinajstić information content (AvgIpc) is 2.85. The highest BCUT2D eigenvalue weighted by Gasteiger charge is 2.22. The first-order chi connectivity index (χ1) is 9.75. The molecule has 1 N–H and O–H groups in total. The number of benzene rings is 1. The zero-order valence-corrected chi connectivity index (χ0v) is 13.9. The molecule has 0 saturated carbocycles. The Morgan fingerprint density at radius 3 is 2.29 bits per heavy atom. The highest BCUT2D eigenvalue weighted by Crippen LogP contribution is 2.21. The molecule has 0 spiro atoms. The van der Waals surface area contributed by atoms with Crippen molar-refractivity contribution in [2.24, 2.45) is 5.41 Å². The predicted molar refractivity (Wildman–Crippen MR) is 89.2 cm³/mol. The topological polar surface area (TPSA) is 29.9 Å². The van der Waals surface area contributed by atoms with Gasteiger partial charge in [-0.25, -0.2) is 0 Å². The van der Waals surface area contributed by atoms with Gasteiger partial charge in [-0.05, 0) is 31.7 Å². The maximum Gasteiger partial charge on any atom is 0.0568 e. The zero-order valence-electron chi connectivity index (χ0n) is 13.9. The SMILES string of the molecule is CC(C)(CNC(C)(C)C)Cn1cc(-c2ccccc2)cn1. The van der Waals surface area contributed by atoms with E-state index >= 15 is 0 Å². The molecule has 0 atom stereocenters. The number of hydrogen-bond donors (Lipinski definition) is 1. The van der Waals surface area contributed by atoms with Gasteiger partial charge in [-0.2, -0.15) is 5.10 Å². The lowest BCUT2D eigenvalue weighted by molar-refractivity contribution is 0.246. The Hall–Kier alpha value is -1.61. The minimum atomic E-state index is 0.149. The van der Waals surface area contributed by atoms with Crippen LogP contribution in [0.4, 0.5) is 0 Å². The van der Waals surface area contributed by atoms with Crippen LogP contribution in [0.15, 0.2) is 42.7 Å². The highest BCUT2D eigenvalue weighted by atomic mass is 15.3. The van der Waals surface area contributed by atoms with Gasteiger partial charge in [0.1, 0.15) is 0 Å². The van der Waals surface area contributed by atoms with Crippen molar-refractivity contribution in [3.63, 3.8) is 0 Å². The molecule has 1 aromatic carbocycles. The lowest BCUT2D eigenvalue weighted by Gasteiger charge is -2.30. The molecule has 0 bridgehead atoms. The Kier molecular flexibility index (Phi) is 4.52. The average molecular weight is 285 g/mol. The quantitative estimate of drug-likeness (QED) is 0.901. The molecule has 0 saturated heterocycles. The van der Waals surface area contributed by atoms with Gasteiger partial charge in [0.15, 0.2) is 0 Å². The molecule has 0 aliphatic heterocycles. The number of hydrogen-bond acceptors (Lipinski definition) is 2. The van der Waals surface area contributed by atoms with E-state index in [2.05, 4.69) is 75.5 Å². The molecule has 2 rings (SSSR count). The number of rotatable bonds is 5. The smallest absolute Gasteiger partial charge is 0.0568 e. The van der Waals surface area contributed by atoms with Crippen LogP contribution in [0.5, 0.6) is 0 Å². The molecule has 0 amide bonds. The van der Waals surface area contributed by atoms with Gasteiger partial charge in [0.2, 0.25) is 0 Å². The van der Waals surface area contributed by atoms with Crippen molar-refractivity contribution >= 4 is 0 Å². The molecule has 3 heteroatoms. The van der Waals surface area contributed by atoms with E-state index in [1.165, 1.54) is 11.1 Å². The molecule has 0 aliphatic carbocycles. The Bertz CT molecular complexity index is 562. The summed E-state index contributed by atoms with van der Waals surface area (Å²) < 4.78 is 2.05. The van der Waals surface area contributed by atoms with Crippen molar-refractivity contribution in [3.8, 4) is 11.1 Å². The van der Waals surface area contributed by atoms with Gasteiger partial charge in [0.25, 0.3) is 0 Å². The minimum absolute atomic E-state index is 0.149. The first-order valence-electron chi connectivity index (χ1n) is 7.58. The normalized spacial score (nSPS) is 12.6. The summed E-state index contributed by atoms with van der Waals surface area (Å²) in [5.41, 5.74) is 2.70. The van der Waals surface area contributed by atoms with Gasteiger partial charge < -0.3 is 5.32 Å². The molecule has 1 aromatic heterocycles. The van der Waals surface area contributed by atoms with Gasteiger partial charge in [-0.15, -0.1) is 0 Å². The van der Waals surface area contributed by atoms with E-state index in [1.54, 1.807) is 0 Å². The van der Waals surface area contributed by atoms with E-state index < -0.39 is 0 Å². The van der Waals surface area contributed by atoms with E-state index in [9.17, 15) is 0 Å². The van der Waals surface area contributed by atoms with E-state index in [-0.39, 0.29) is 11.0 Å². The largest absolute Gasteiger partial charge is 0.311 e. The molecular weight excluding hydrogens is 258 g/mol. The van der Waals surface area contributed by atoms with Crippen LogP contribution >= 0.6 is 0 Å². The third kappa shape index (κ3) is 5.01. The predicted octanol–water partition coefficient (Wildman–Crippen LogP) is 3.96. The maximum atomic E-state index is 4.51. The summed E-state index contributed by atoms with van der Waals surface area (Å²) >= 11 is 0.